The predicted octanol–water partition coefficient (Wildman–Crippen LogP) is 4.08. The second kappa shape index (κ2) is 14.4. The lowest BCUT2D eigenvalue weighted by Crippen LogP contribution is -2.39. The summed E-state index contributed by atoms with van der Waals surface area (Å²) in [6.45, 7) is 5.30. The minimum Gasteiger partial charge on any atom is -0.496 e. The van der Waals surface area contributed by atoms with Gasteiger partial charge in [-0.05, 0) is 25.3 Å². The first-order valence-corrected chi connectivity index (χ1v) is 8.92. The van der Waals surface area contributed by atoms with Crippen molar-refractivity contribution < 1.29 is 14.2 Å². The van der Waals surface area contributed by atoms with Crippen LogP contribution in [-0.2, 0) is 6.54 Å². The maximum atomic E-state index is 5.48. The Morgan fingerprint density at radius 1 is 1.07 bits per heavy atom. The van der Waals surface area contributed by atoms with Gasteiger partial charge in [-0.15, -0.1) is 30.6 Å². The van der Waals surface area contributed by atoms with E-state index in [1.807, 2.05) is 18.2 Å². The number of nitrogens with zero attached hydrogens (tertiary/aromatic N) is 2. The number of hydrogen-bond donors (Lipinski definition) is 1. The second-order valence-corrected chi connectivity index (χ2v) is 5.98. The summed E-state index contributed by atoms with van der Waals surface area (Å²) >= 11 is 0. The van der Waals surface area contributed by atoms with Gasteiger partial charge in [0.15, 0.2) is 17.5 Å². The Morgan fingerprint density at radius 3 is 2.26 bits per heavy atom. The summed E-state index contributed by atoms with van der Waals surface area (Å²) in [6.07, 6.45) is 6.56. The van der Waals surface area contributed by atoms with Crippen molar-refractivity contribution in [3.05, 3.63) is 30.4 Å². The van der Waals surface area contributed by atoms with E-state index in [0.717, 1.165) is 36.7 Å². The fraction of sp³-hybridized carbons (Fsp3) is 0.550. The third-order valence-electron chi connectivity index (χ3n) is 4.20. The summed E-state index contributed by atoms with van der Waals surface area (Å²) in [5, 5.41) is 3.38. The van der Waals surface area contributed by atoms with Gasteiger partial charge in [0, 0.05) is 38.8 Å². The van der Waals surface area contributed by atoms with E-state index in [4.69, 9.17) is 14.2 Å². The van der Waals surface area contributed by atoms with Crippen molar-refractivity contribution in [2.45, 2.75) is 32.2 Å². The van der Waals surface area contributed by atoms with Gasteiger partial charge in [-0.25, -0.2) is 0 Å². The van der Waals surface area contributed by atoms with E-state index >= 15 is 0 Å². The third kappa shape index (κ3) is 8.28. The van der Waals surface area contributed by atoms with Crippen molar-refractivity contribution in [1.29, 1.82) is 0 Å². The highest BCUT2D eigenvalue weighted by Gasteiger charge is 2.13. The molecule has 1 aromatic rings. The largest absolute Gasteiger partial charge is 0.496 e. The quantitative estimate of drug-likeness (QED) is 0.166. The summed E-state index contributed by atoms with van der Waals surface area (Å²) in [4.78, 5) is 6.51. The number of guanidine groups is 1. The Hall–Kier alpha value is -1.64. The fourth-order valence-electron chi connectivity index (χ4n) is 2.71. The first-order valence-electron chi connectivity index (χ1n) is 8.92. The molecule has 1 aromatic carbocycles. The number of rotatable bonds is 11. The van der Waals surface area contributed by atoms with Crippen molar-refractivity contribution >= 4 is 29.9 Å². The van der Waals surface area contributed by atoms with Crippen LogP contribution in [0.2, 0.25) is 0 Å². The monoisotopic (exact) mass is 491 g/mol. The summed E-state index contributed by atoms with van der Waals surface area (Å²) in [6, 6.07) is 3.76. The predicted molar refractivity (Wildman–Crippen MR) is 123 cm³/mol. The third-order valence-corrected chi connectivity index (χ3v) is 4.20. The Bertz CT molecular complexity index is 594. The number of hydrogen-bond acceptors (Lipinski definition) is 4. The van der Waals surface area contributed by atoms with Gasteiger partial charge in [-0.1, -0.05) is 12.5 Å². The van der Waals surface area contributed by atoms with Gasteiger partial charge in [0.1, 0.15) is 5.75 Å². The molecule has 0 aliphatic carbocycles. The molecule has 0 aromatic heterocycles. The molecule has 154 valence electrons. The zero-order valence-electron chi connectivity index (χ0n) is 17.2. The zero-order chi connectivity index (χ0) is 19.4. The maximum absolute atomic E-state index is 5.48. The van der Waals surface area contributed by atoms with Crippen molar-refractivity contribution in [3.8, 4) is 17.2 Å². The molecule has 7 heteroatoms. The minimum atomic E-state index is 0. The standard InChI is InChI=1S/C20H33N3O3.HI/c1-7-8-9-10-11-12-23(3)20(21-2)22-15-16-13-18(25-5)19(26-6)14-17(16)24-4;/h7,13-14H,1,8-12,15H2,2-6H3,(H,21,22);1H. The Kier molecular flexibility index (Phi) is 13.5. The van der Waals surface area contributed by atoms with Gasteiger partial charge in [0.05, 0.1) is 21.3 Å². The maximum Gasteiger partial charge on any atom is 0.193 e. The van der Waals surface area contributed by atoms with Crippen LogP contribution in [0.15, 0.2) is 29.8 Å². The van der Waals surface area contributed by atoms with Crippen LogP contribution >= 0.6 is 24.0 Å². The summed E-state index contributed by atoms with van der Waals surface area (Å²) < 4.78 is 16.2. The summed E-state index contributed by atoms with van der Waals surface area (Å²) in [5.41, 5.74) is 0.977. The number of methoxy groups -OCH3 is 3. The Labute approximate surface area is 181 Å². The molecule has 0 amide bonds. The average Bonchev–Trinajstić information content (AvgIpc) is 2.67. The van der Waals surface area contributed by atoms with E-state index in [-0.39, 0.29) is 24.0 Å². The van der Waals surface area contributed by atoms with E-state index < -0.39 is 0 Å². The van der Waals surface area contributed by atoms with Crippen molar-refractivity contribution in [1.82, 2.24) is 10.2 Å². The van der Waals surface area contributed by atoms with E-state index in [2.05, 4.69) is 28.8 Å². The number of unbranched alkanes of at least 4 members (excludes halogenated alkanes) is 3. The topological polar surface area (TPSA) is 55.3 Å². The van der Waals surface area contributed by atoms with Crippen LogP contribution in [-0.4, -0.2) is 52.8 Å². The van der Waals surface area contributed by atoms with Crippen LogP contribution < -0.4 is 19.5 Å². The van der Waals surface area contributed by atoms with Gasteiger partial charge in [-0.3, -0.25) is 4.99 Å². The number of nitrogens with one attached hydrogen (secondary N) is 1. The average molecular weight is 491 g/mol. The lowest BCUT2D eigenvalue weighted by atomic mass is 10.1. The second-order valence-electron chi connectivity index (χ2n) is 5.98. The molecule has 0 heterocycles. The van der Waals surface area contributed by atoms with Gasteiger partial charge < -0.3 is 24.4 Å². The molecular formula is C20H34IN3O3. The molecule has 6 nitrogen and oxygen atoms in total. The molecule has 0 spiro atoms. The van der Waals surface area contributed by atoms with Gasteiger partial charge in [0.25, 0.3) is 0 Å². The molecule has 0 saturated carbocycles. The highest BCUT2D eigenvalue weighted by molar-refractivity contribution is 14.0. The van der Waals surface area contributed by atoms with Crippen LogP contribution in [0.5, 0.6) is 17.2 Å². The fourth-order valence-corrected chi connectivity index (χ4v) is 2.71. The molecule has 0 saturated heterocycles. The van der Waals surface area contributed by atoms with Gasteiger partial charge >= 0.3 is 0 Å². The molecule has 0 fully saturated rings. The number of benzene rings is 1. The van der Waals surface area contributed by atoms with Gasteiger partial charge in [0.2, 0.25) is 0 Å². The van der Waals surface area contributed by atoms with E-state index in [9.17, 15) is 0 Å². The number of aliphatic imine (C=N–C) groups is 1. The molecule has 0 aliphatic heterocycles. The van der Waals surface area contributed by atoms with E-state index in [0.29, 0.717) is 18.0 Å². The van der Waals surface area contributed by atoms with Crippen LogP contribution in [0.25, 0.3) is 0 Å². The van der Waals surface area contributed by atoms with Crippen LogP contribution in [0.1, 0.15) is 31.2 Å². The first kappa shape index (κ1) is 25.4. The number of ether oxygens (including phenoxy) is 3. The molecule has 0 radical (unpaired) electrons. The number of allylic oxidation sites excluding steroid dienone is 1. The van der Waals surface area contributed by atoms with Gasteiger partial charge in [-0.2, -0.15) is 0 Å². The van der Waals surface area contributed by atoms with E-state index in [1.165, 1.54) is 12.8 Å². The van der Waals surface area contributed by atoms with Crippen molar-refractivity contribution in [2.75, 3.05) is 42.0 Å². The molecule has 0 aliphatic rings. The lowest BCUT2D eigenvalue weighted by molar-refractivity contribution is 0.347. The molecule has 1 N–H and O–H groups in total. The van der Waals surface area contributed by atoms with Crippen molar-refractivity contribution in [2.24, 2.45) is 4.99 Å². The molecule has 0 bridgehead atoms. The highest BCUT2D eigenvalue weighted by Crippen LogP contribution is 2.34. The normalized spacial score (nSPS) is 10.6. The highest BCUT2D eigenvalue weighted by atomic mass is 127. The molecule has 1 rings (SSSR count). The van der Waals surface area contributed by atoms with Crippen LogP contribution in [0, 0.1) is 0 Å². The Balaban J connectivity index is 0.00000676. The molecule has 27 heavy (non-hydrogen) atoms. The molecule has 0 unspecified atom stereocenters. The summed E-state index contributed by atoms with van der Waals surface area (Å²) in [7, 11) is 8.73. The molecule has 0 atom stereocenters. The Morgan fingerprint density at radius 2 is 1.70 bits per heavy atom. The van der Waals surface area contributed by atoms with Crippen LogP contribution in [0.3, 0.4) is 0 Å². The smallest absolute Gasteiger partial charge is 0.193 e. The van der Waals surface area contributed by atoms with Crippen molar-refractivity contribution in [3.63, 3.8) is 0 Å². The van der Waals surface area contributed by atoms with E-state index in [1.54, 1.807) is 28.4 Å². The molecular weight excluding hydrogens is 457 g/mol. The zero-order valence-corrected chi connectivity index (χ0v) is 19.5. The SMILES string of the molecule is C=CCCCCCN(C)C(=NC)NCc1cc(OC)c(OC)cc1OC.I. The lowest BCUT2D eigenvalue weighted by Gasteiger charge is -2.23. The first-order chi connectivity index (χ1) is 12.6. The van der Waals surface area contributed by atoms with Crippen LogP contribution in [0.4, 0.5) is 0 Å². The minimum absolute atomic E-state index is 0. The summed E-state index contributed by atoms with van der Waals surface area (Å²) in [5.74, 6) is 2.92. The number of halogens is 1.